The third-order valence-corrected chi connectivity index (χ3v) is 5.96. The maximum atomic E-state index is 12.8. The number of unbranched alkanes of at least 4 members (excludes halogenated alkanes) is 8. The molecule has 7 N–H and O–H groups in total. The molecule has 0 radical (unpaired) electrons. The number of hydrogen-bond donors (Lipinski definition) is 7. The number of carbonyl (C=O) groups excluding carboxylic acids is 1. The van der Waals surface area contributed by atoms with E-state index in [-0.39, 0.29) is 6.42 Å². The molecule has 0 saturated carbocycles. The summed E-state index contributed by atoms with van der Waals surface area (Å²) in [7, 11) is 0. The highest BCUT2D eigenvalue weighted by Crippen LogP contribution is 2.32. The summed E-state index contributed by atoms with van der Waals surface area (Å²) in [6.07, 6.45) is -1.46. The quantitative estimate of drug-likeness (QED) is 0.166. The van der Waals surface area contributed by atoms with Crippen molar-refractivity contribution in [3.05, 3.63) is 0 Å². The topological polar surface area (TPSA) is 168 Å². The maximum Gasteiger partial charge on any atom is 0.179 e. The zero-order valence-corrected chi connectivity index (χ0v) is 17.9. The number of hydrogen-bond acceptors (Lipinski definition) is 9. The Morgan fingerprint density at radius 3 is 1.93 bits per heavy atom. The number of ether oxygens (including phenoxy) is 1. The molecule has 0 aromatic heterocycles. The first-order valence-corrected chi connectivity index (χ1v) is 11.1. The van der Waals surface area contributed by atoms with E-state index < -0.39 is 61.2 Å². The van der Waals surface area contributed by atoms with Gasteiger partial charge in [0.25, 0.3) is 0 Å². The third kappa shape index (κ3) is 6.93. The lowest BCUT2D eigenvalue weighted by Crippen LogP contribution is -2.71. The van der Waals surface area contributed by atoms with Crippen LogP contribution in [-0.2, 0) is 9.53 Å². The summed E-state index contributed by atoms with van der Waals surface area (Å²) in [5.41, 5.74) is -2.69. The second-order valence-electron chi connectivity index (χ2n) is 8.27. The molecule has 9 heteroatoms. The van der Waals surface area contributed by atoms with E-state index in [1.54, 1.807) is 0 Å². The molecule has 3 unspecified atom stereocenters. The Hall–Kier alpha value is -0.650. The lowest BCUT2D eigenvalue weighted by Gasteiger charge is -2.47. The van der Waals surface area contributed by atoms with Gasteiger partial charge in [-0.2, -0.15) is 0 Å². The number of Topliss-reactive ketones (excluding diaryl/α,β-unsaturated/α-hetero) is 1. The lowest BCUT2D eigenvalue weighted by molar-refractivity contribution is -0.279. The van der Waals surface area contributed by atoms with Crippen molar-refractivity contribution in [2.45, 2.75) is 113 Å². The van der Waals surface area contributed by atoms with E-state index in [1.165, 1.54) is 25.7 Å². The Morgan fingerprint density at radius 2 is 1.43 bits per heavy atom. The van der Waals surface area contributed by atoms with Crippen LogP contribution in [0, 0.1) is 0 Å². The summed E-state index contributed by atoms with van der Waals surface area (Å²) in [5, 5.41) is 69.9. The molecule has 1 rings (SSSR count). The van der Waals surface area contributed by atoms with E-state index in [1.807, 2.05) is 0 Å². The first-order chi connectivity index (χ1) is 14.2. The van der Waals surface area contributed by atoms with E-state index in [9.17, 15) is 40.5 Å². The van der Waals surface area contributed by atoms with Crippen LogP contribution in [0.25, 0.3) is 0 Å². The Kier molecular flexibility index (Phi) is 12.5. The van der Waals surface area contributed by atoms with Crippen molar-refractivity contribution in [1.29, 1.82) is 0 Å². The second-order valence-corrected chi connectivity index (χ2v) is 8.27. The van der Waals surface area contributed by atoms with Crippen molar-refractivity contribution in [2.24, 2.45) is 0 Å². The molecule has 9 nitrogen and oxygen atoms in total. The van der Waals surface area contributed by atoms with Crippen LogP contribution in [-0.4, -0.2) is 97.0 Å². The molecule has 1 fully saturated rings. The molecule has 1 aliphatic rings. The second kappa shape index (κ2) is 13.7. The number of ketones is 1. The van der Waals surface area contributed by atoms with E-state index in [0.29, 0.717) is 6.42 Å². The molecule has 1 aliphatic heterocycles. The number of carbonyl (C=O) groups is 1. The van der Waals surface area contributed by atoms with Crippen molar-refractivity contribution >= 4 is 5.78 Å². The normalized spacial score (nSPS) is 30.1. The fourth-order valence-corrected chi connectivity index (χ4v) is 3.94. The van der Waals surface area contributed by atoms with Crippen molar-refractivity contribution in [3.63, 3.8) is 0 Å². The molecular weight excluding hydrogens is 396 g/mol. The first-order valence-electron chi connectivity index (χ1n) is 11.1. The minimum absolute atomic E-state index is 0.113. The largest absolute Gasteiger partial charge is 0.394 e. The molecule has 0 aromatic carbocycles. The standard InChI is InChI=1S/C21H40O9/c1-2-3-4-5-6-7-8-9-10-11-15(24)21(29,16(25)13-23)20-19(28)18(27)17(26)14(12-22)30-20/h14,16-20,22-23,25-29H,2-13H2,1H3/t14-,16?,17+,18+,19-,20?,21?/m1/s1. The SMILES string of the molecule is CCCCCCCCCCCC(=O)C(O)(C(O)CO)C1O[C@H](CO)[C@H](O)[C@H](O)[C@H]1O. The molecule has 1 saturated heterocycles. The molecule has 0 spiro atoms. The fraction of sp³-hybridized carbons (Fsp3) is 0.952. The van der Waals surface area contributed by atoms with Crippen LogP contribution < -0.4 is 0 Å². The van der Waals surface area contributed by atoms with Gasteiger partial charge in [0.15, 0.2) is 11.4 Å². The third-order valence-electron chi connectivity index (χ3n) is 5.96. The Labute approximate surface area is 178 Å². The average Bonchev–Trinajstić information content (AvgIpc) is 2.75. The summed E-state index contributed by atoms with van der Waals surface area (Å²) in [4.78, 5) is 12.8. The summed E-state index contributed by atoms with van der Waals surface area (Å²) in [6.45, 7) is 0.449. The molecule has 0 bridgehead atoms. The summed E-state index contributed by atoms with van der Waals surface area (Å²) in [6, 6.07) is 0. The van der Waals surface area contributed by atoms with Gasteiger partial charge in [-0.3, -0.25) is 4.79 Å². The van der Waals surface area contributed by atoms with Crippen LogP contribution >= 0.6 is 0 Å². The van der Waals surface area contributed by atoms with Gasteiger partial charge >= 0.3 is 0 Å². The summed E-state index contributed by atoms with van der Waals surface area (Å²) >= 11 is 0. The van der Waals surface area contributed by atoms with Gasteiger partial charge in [-0.15, -0.1) is 0 Å². The monoisotopic (exact) mass is 436 g/mol. The number of rotatable bonds is 15. The van der Waals surface area contributed by atoms with Gasteiger partial charge in [-0.05, 0) is 6.42 Å². The van der Waals surface area contributed by atoms with Crippen molar-refractivity contribution in [1.82, 2.24) is 0 Å². The molecule has 0 aromatic rings. The molecule has 1 heterocycles. The van der Waals surface area contributed by atoms with Gasteiger partial charge in [-0.1, -0.05) is 58.3 Å². The predicted octanol–water partition coefficient (Wildman–Crippen LogP) is -0.597. The highest BCUT2D eigenvalue weighted by atomic mass is 16.6. The minimum atomic E-state index is -2.69. The molecule has 178 valence electrons. The highest BCUT2D eigenvalue weighted by Gasteiger charge is 2.58. The van der Waals surface area contributed by atoms with Gasteiger partial charge in [0.05, 0.1) is 13.2 Å². The Balaban J connectivity index is 2.67. The highest BCUT2D eigenvalue weighted by molar-refractivity contribution is 5.88. The van der Waals surface area contributed by atoms with E-state index >= 15 is 0 Å². The van der Waals surface area contributed by atoms with Crippen LogP contribution in [0.1, 0.15) is 71.1 Å². The maximum absolute atomic E-state index is 12.8. The zero-order valence-electron chi connectivity index (χ0n) is 17.9. The number of aliphatic hydroxyl groups excluding tert-OH is 6. The van der Waals surface area contributed by atoms with E-state index in [0.717, 1.165) is 25.7 Å². The summed E-state index contributed by atoms with van der Waals surface area (Å²) in [5.74, 6) is -0.837. The van der Waals surface area contributed by atoms with Gasteiger partial charge < -0.3 is 40.5 Å². The van der Waals surface area contributed by atoms with Crippen molar-refractivity contribution < 1.29 is 45.3 Å². The predicted molar refractivity (Wildman–Crippen MR) is 109 cm³/mol. The Morgan fingerprint density at radius 1 is 0.900 bits per heavy atom. The molecule has 30 heavy (non-hydrogen) atoms. The molecule has 0 amide bonds. The van der Waals surface area contributed by atoms with Crippen molar-refractivity contribution in [3.8, 4) is 0 Å². The number of aliphatic hydroxyl groups is 7. The van der Waals surface area contributed by atoms with Gasteiger partial charge in [-0.25, -0.2) is 0 Å². The molecule has 0 aliphatic carbocycles. The van der Waals surface area contributed by atoms with Gasteiger partial charge in [0.1, 0.15) is 36.6 Å². The zero-order chi connectivity index (χ0) is 22.7. The van der Waals surface area contributed by atoms with Crippen LogP contribution in [0.4, 0.5) is 0 Å². The van der Waals surface area contributed by atoms with Gasteiger partial charge in [0.2, 0.25) is 0 Å². The minimum Gasteiger partial charge on any atom is -0.394 e. The van der Waals surface area contributed by atoms with Crippen LogP contribution in [0.2, 0.25) is 0 Å². The van der Waals surface area contributed by atoms with Crippen LogP contribution in [0.5, 0.6) is 0 Å². The summed E-state index contributed by atoms with van der Waals surface area (Å²) < 4.78 is 5.28. The first kappa shape index (κ1) is 27.4. The van der Waals surface area contributed by atoms with Crippen LogP contribution in [0.3, 0.4) is 0 Å². The molecular formula is C21H40O9. The van der Waals surface area contributed by atoms with Crippen molar-refractivity contribution in [2.75, 3.05) is 13.2 Å². The smallest absolute Gasteiger partial charge is 0.179 e. The van der Waals surface area contributed by atoms with Gasteiger partial charge in [0, 0.05) is 6.42 Å². The lowest BCUT2D eigenvalue weighted by atomic mass is 9.77. The fourth-order valence-electron chi connectivity index (χ4n) is 3.94. The average molecular weight is 437 g/mol. The van der Waals surface area contributed by atoms with Crippen LogP contribution in [0.15, 0.2) is 0 Å². The van der Waals surface area contributed by atoms with E-state index in [4.69, 9.17) is 4.74 Å². The Bertz CT molecular complexity index is 487. The molecule has 7 atom stereocenters. The van der Waals surface area contributed by atoms with E-state index in [2.05, 4.69) is 6.92 Å².